The Hall–Kier alpha value is -2.55. The molecule has 0 saturated carbocycles. The molecule has 0 atom stereocenters. The van der Waals surface area contributed by atoms with E-state index in [4.69, 9.17) is 0 Å². The van der Waals surface area contributed by atoms with E-state index in [2.05, 4.69) is 10.3 Å². The van der Waals surface area contributed by atoms with Gasteiger partial charge in [0.15, 0.2) is 5.13 Å². The van der Waals surface area contributed by atoms with Crippen LogP contribution in [-0.4, -0.2) is 4.98 Å². The van der Waals surface area contributed by atoms with Gasteiger partial charge >= 0.3 is 12.4 Å². The zero-order chi connectivity index (χ0) is 18.9. The molecule has 9 heteroatoms. The quantitative estimate of drug-likeness (QED) is 0.512. The molecule has 136 valence electrons. The predicted molar refractivity (Wildman–Crippen MR) is 87.3 cm³/mol. The van der Waals surface area contributed by atoms with E-state index in [1.54, 1.807) is 5.38 Å². The van der Waals surface area contributed by atoms with Crippen LogP contribution in [0.3, 0.4) is 0 Å². The Bertz CT molecular complexity index is 879. The molecule has 2 aromatic carbocycles. The van der Waals surface area contributed by atoms with Crippen LogP contribution in [0.4, 0.5) is 37.2 Å². The summed E-state index contributed by atoms with van der Waals surface area (Å²) in [5.74, 6) is 0. The van der Waals surface area contributed by atoms with Gasteiger partial charge < -0.3 is 5.32 Å². The normalized spacial score (nSPS) is 12.2. The van der Waals surface area contributed by atoms with Crippen molar-refractivity contribution in [2.75, 3.05) is 5.32 Å². The summed E-state index contributed by atoms with van der Waals surface area (Å²) in [5, 5.41) is 4.93. The number of hydrogen-bond acceptors (Lipinski definition) is 3. The van der Waals surface area contributed by atoms with E-state index in [0.29, 0.717) is 22.1 Å². The van der Waals surface area contributed by atoms with Crippen LogP contribution >= 0.6 is 11.3 Å². The summed E-state index contributed by atoms with van der Waals surface area (Å²) in [4.78, 5) is 4.24. The molecule has 3 aromatic rings. The van der Waals surface area contributed by atoms with Gasteiger partial charge in [-0.2, -0.15) is 26.3 Å². The third kappa shape index (κ3) is 4.16. The molecule has 0 fully saturated rings. The fourth-order valence-electron chi connectivity index (χ4n) is 2.16. The summed E-state index contributed by atoms with van der Waals surface area (Å²) >= 11 is 1.19. The van der Waals surface area contributed by atoms with Gasteiger partial charge in [0, 0.05) is 16.6 Å². The van der Waals surface area contributed by atoms with Crippen molar-refractivity contribution in [3.8, 4) is 11.3 Å². The second-order valence-corrected chi connectivity index (χ2v) is 6.17. The zero-order valence-electron chi connectivity index (χ0n) is 12.8. The standard InChI is InChI=1S/C17H10F6N2S/c18-16(19,20)11-3-1-10(2-4-11)14-9-26-15(25-14)24-13-7-5-12(6-8-13)17(21,22)23/h1-9H,(H,24,25). The highest BCUT2D eigenvalue weighted by Gasteiger charge is 2.30. The highest BCUT2D eigenvalue weighted by atomic mass is 32.1. The van der Waals surface area contributed by atoms with Crippen LogP contribution in [0, 0.1) is 0 Å². The lowest BCUT2D eigenvalue weighted by atomic mass is 10.1. The summed E-state index contributed by atoms with van der Waals surface area (Å²) in [6.07, 6.45) is -8.81. The molecule has 2 nitrogen and oxygen atoms in total. The molecule has 0 radical (unpaired) electrons. The first-order valence-electron chi connectivity index (χ1n) is 7.20. The summed E-state index contributed by atoms with van der Waals surface area (Å²) in [7, 11) is 0. The lowest BCUT2D eigenvalue weighted by Crippen LogP contribution is -2.04. The minimum absolute atomic E-state index is 0.416. The number of thiazole rings is 1. The number of halogens is 6. The Morgan fingerprint density at radius 2 is 1.23 bits per heavy atom. The third-order valence-electron chi connectivity index (χ3n) is 3.48. The number of anilines is 2. The molecule has 0 spiro atoms. The lowest BCUT2D eigenvalue weighted by Gasteiger charge is -2.08. The first-order chi connectivity index (χ1) is 12.1. The molecule has 1 N–H and O–H groups in total. The van der Waals surface area contributed by atoms with E-state index >= 15 is 0 Å². The predicted octanol–water partition coefficient (Wildman–Crippen LogP) is 6.59. The SMILES string of the molecule is FC(F)(F)c1ccc(Nc2nc(-c3ccc(C(F)(F)F)cc3)cs2)cc1. The van der Waals surface area contributed by atoms with Crippen LogP contribution < -0.4 is 5.32 Å². The van der Waals surface area contributed by atoms with Gasteiger partial charge in [-0.15, -0.1) is 11.3 Å². The average molecular weight is 388 g/mol. The average Bonchev–Trinajstić information content (AvgIpc) is 3.02. The molecule has 0 aliphatic heterocycles. The van der Waals surface area contributed by atoms with Crippen LogP contribution in [-0.2, 0) is 12.4 Å². The second kappa shape index (κ2) is 6.64. The van der Waals surface area contributed by atoms with Gasteiger partial charge in [0.2, 0.25) is 0 Å². The number of alkyl halides is 6. The number of nitrogens with one attached hydrogen (secondary N) is 1. The monoisotopic (exact) mass is 388 g/mol. The van der Waals surface area contributed by atoms with Gasteiger partial charge in [-0.05, 0) is 36.4 Å². The lowest BCUT2D eigenvalue weighted by molar-refractivity contribution is -0.138. The van der Waals surface area contributed by atoms with Gasteiger partial charge in [0.05, 0.1) is 16.8 Å². The Labute approximate surface area is 148 Å². The van der Waals surface area contributed by atoms with E-state index in [1.807, 2.05) is 0 Å². The Morgan fingerprint density at radius 1 is 0.731 bits per heavy atom. The maximum atomic E-state index is 12.6. The fraction of sp³-hybridized carbons (Fsp3) is 0.118. The highest BCUT2D eigenvalue weighted by Crippen LogP contribution is 2.33. The number of aromatic nitrogens is 1. The van der Waals surface area contributed by atoms with E-state index in [-0.39, 0.29) is 0 Å². The van der Waals surface area contributed by atoms with Crippen molar-refractivity contribution < 1.29 is 26.3 Å². The van der Waals surface area contributed by atoms with Gasteiger partial charge in [-0.3, -0.25) is 0 Å². The van der Waals surface area contributed by atoms with E-state index in [0.717, 1.165) is 24.3 Å². The van der Waals surface area contributed by atoms with Crippen LogP contribution in [0.2, 0.25) is 0 Å². The first kappa shape index (κ1) is 18.2. The van der Waals surface area contributed by atoms with Crippen LogP contribution in [0.1, 0.15) is 11.1 Å². The number of hydrogen-bond donors (Lipinski definition) is 1. The molecule has 0 aliphatic rings. The van der Waals surface area contributed by atoms with Crippen molar-refractivity contribution in [3.05, 3.63) is 65.0 Å². The molecule has 0 unspecified atom stereocenters. The van der Waals surface area contributed by atoms with Crippen LogP contribution in [0.5, 0.6) is 0 Å². The molecule has 0 aliphatic carbocycles. The Balaban J connectivity index is 1.74. The number of nitrogens with zero attached hydrogens (tertiary/aromatic N) is 1. The van der Waals surface area contributed by atoms with Crippen molar-refractivity contribution in [1.82, 2.24) is 4.98 Å². The van der Waals surface area contributed by atoms with Crippen LogP contribution in [0.25, 0.3) is 11.3 Å². The van der Waals surface area contributed by atoms with Crippen molar-refractivity contribution in [1.29, 1.82) is 0 Å². The summed E-state index contributed by atoms with van der Waals surface area (Å²) in [6, 6.07) is 9.04. The topological polar surface area (TPSA) is 24.9 Å². The summed E-state index contributed by atoms with van der Waals surface area (Å²) < 4.78 is 75.3. The van der Waals surface area contributed by atoms with Crippen molar-refractivity contribution in [2.24, 2.45) is 0 Å². The van der Waals surface area contributed by atoms with Crippen LogP contribution in [0.15, 0.2) is 53.9 Å². The van der Waals surface area contributed by atoms with Crippen molar-refractivity contribution >= 4 is 22.2 Å². The summed E-state index contributed by atoms with van der Waals surface area (Å²) in [5.41, 5.74) is -0.105. The third-order valence-corrected chi connectivity index (χ3v) is 4.23. The van der Waals surface area contributed by atoms with Gasteiger partial charge in [0.25, 0.3) is 0 Å². The highest BCUT2D eigenvalue weighted by molar-refractivity contribution is 7.14. The minimum atomic E-state index is -4.41. The maximum absolute atomic E-state index is 12.6. The first-order valence-corrected chi connectivity index (χ1v) is 8.08. The van der Waals surface area contributed by atoms with Crippen molar-refractivity contribution in [2.45, 2.75) is 12.4 Å². The molecular formula is C17H10F6N2S. The van der Waals surface area contributed by atoms with Gasteiger partial charge in [-0.1, -0.05) is 12.1 Å². The smallest absolute Gasteiger partial charge is 0.332 e. The van der Waals surface area contributed by atoms with Crippen molar-refractivity contribution in [3.63, 3.8) is 0 Å². The van der Waals surface area contributed by atoms with E-state index in [9.17, 15) is 26.3 Å². The molecule has 0 saturated heterocycles. The molecule has 1 heterocycles. The molecule has 3 rings (SSSR count). The molecule has 0 amide bonds. The Morgan fingerprint density at radius 3 is 1.73 bits per heavy atom. The van der Waals surface area contributed by atoms with E-state index in [1.165, 1.54) is 35.6 Å². The maximum Gasteiger partial charge on any atom is 0.416 e. The largest absolute Gasteiger partial charge is 0.416 e. The second-order valence-electron chi connectivity index (χ2n) is 5.31. The van der Waals surface area contributed by atoms with Gasteiger partial charge in [0.1, 0.15) is 0 Å². The molecular weight excluding hydrogens is 378 g/mol. The molecule has 26 heavy (non-hydrogen) atoms. The zero-order valence-corrected chi connectivity index (χ0v) is 13.6. The fourth-order valence-corrected chi connectivity index (χ4v) is 2.90. The minimum Gasteiger partial charge on any atom is -0.332 e. The summed E-state index contributed by atoms with van der Waals surface area (Å²) in [6.45, 7) is 0. The number of benzene rings is 2. The molecule has 0 bridgehead atoms. The Kier molecular flexibility index (Phi) is 4.66. The van der Waals surface area contributed by atoms with Gasteiger partial charge in [-0.25, -0.2) is 4.98 Å². The molecule has 1 aromatic heterocycles. The number of rotatable bonds is 3. The van der Waals surface area contributed by atoms with E-state index < -0.39 is 23.5 Å².